The van der Waals surface area contributed by atoms with Crippen molar-refractivity contribution in [3.8, 4) is 5.75 Å². The lowest BCUT2D eigenvalue weighted by molar-refractivity contribution is -0.144. The molecule has 3 atom stereocenters. The van der Waals surface area contributed by atoms with Crippen LogP contribution in [-0.4, -0.2) is 64.8 Å². The van der Waals surface area contributed by atoms with Crippen molar-refractivity contribution < 1.29 is 33.8 Å². The Balaban J connectivity index is 1.28. The van der Waals surface area contributed by atoms with Crippen LogP contribution in [-0.2, 0) is 36.8 Å². The van der Waals surface area contributed by atoms with Gasteiger partial charge in [-0.05, 0) is 84.5 Å². The molecule has 13 heteroatoms. The molecule has 0 bridgehead atoms. The van der Waals surface area contributed by atoms with Crippen molar-refractivity contribution in [2.75, 3.05) is 18.1 Å². The van der Waals surface area contributed by atoms with Gasteiger partial charge in [0.25, 0.3) is 11.8 Å². The molecule has 0 radical (unpaired) electrons. The molecule has 1 aliphatic carbocycles. The van der Waals surface area contributed by atoms with E-state index in [1.807, 2.05) is 18.2 Å². The van der Waals surface area contributed by atoms with Crippen LogP contribution in [0.1, 0.15) is 61.9 Å². The van der Waals surface area contributed by atoms with Crippen LogP contribution in [0.25, 0.3) is 0 Å². The fourth-order valence-electron chi connectivity index (χ4n) is 7.64. The first kappa shape index (κ1) is 40.3. The lowest BCUT2D eigenvalue weighted by Crippen LogP contribution is -2.49. The maximum Gasteiger partial charge on any atom is 0.326 e. The predicted molar refractivity (Wildman–Crippen MR) is 213 cm³/mol. The minimum atomic E-state index is -1.21. The third-order valence-corrected chi connectivity index (χ3v) is 11.1. The van der Waals surface area contributed by atoms with Crippen molar-refractivity contribution in [3.05, 3.63) is 130 Å². The number of ether oxygens (including phenoxy) is 1. The molecular formula is C43H44Cl2N4O7. The number of nitrogens with one attached hydrogen (secondary N) is 2. The zero-order valence-electron chi connectivity index (χ0n) is 31.0. The Kier molecular flexibility index (Phi) is 13.0. The molecule has 0 aromatic heterocycles. The van der Waals surface area contributed by atoms with Crippen LogP contribution >= 0.6 is 23.2 Å². The molecule has 1 unspecified atom stereocenters. The number of aliphatic carboxylic acids is 1. The van der Waals surface area contributed by atoms with Crippen LogP contribution in [0, 0.1) is 5.41 Å². The molecule has 1 aliphatic heterocycles. The molecular weight excluding hydrogens is 755 g/mol. The summed E-state index contributed by atoms with van der Waals surface area (Å²) in [6.07, 6.45) is 2.70. The highest BCUT2D eigenvalue weighted by atomic mass is 35.5. The fraction of sp³-hybridized carbons (Fsp3) is 0.326. The molecule has 4 aromatic rings. The normalized spacial score (nSPS) is 18.0. The largest absolute Gasteiger partial charge is 0.484 e. The van der Waals surface area contributed by atoms with E-state index in [2.05, 4.69) is 10.6 Å². The highest BCUT2D eigenvalue weighted by molar-refractivity contribution is 6.30. The van der Waals surface area contributed by atoms with Crippen molar-refractivity contribution in [1.82, 2.24) is 15.5 Å². The molecule has 1 saturated carbocycles. The molecule has 4 amide bonds. The number of carbonyl (C=O) groups excluding carboxylic acids is 4. The number of benzene rings is 4. The minimum Gasteiger partial charge on any atom is -0.484 e. The van der Waals surface area contributed by atoms with E-state index in [4.69, 9.17) is 27.9 Å². The standard InChI is InChI=1S/C43H44Cl2N4O7/c1-28(50)46-24-23-43(21-5-6-22-43)42(55)47-36(41(53)54)25-29-11-19-34(20-12-29)48-39(31-13-17-33(45)18-14-31)49(38(51)27-56-35-7-3-2-4-8-35)37(40(48)52)26-30-9-15-32(44)16-10-30/h2-4,7-20,36-37,39H,5-6,21-27H2,1H3,(H,46,50)(H,47,55)(H,53,54)/t36?,37-,39-/m1/s1. The summed E-state index contributed by atoms with van der Waals surface area (Å²) in [6.45, 7) is 1.43. The van der Waals surface area contributed by atoms with Gasteiger partial charge in [0.15, 0.2) is 6.61 Å². The van der Waals surface area contributed by atoms with Gasteiger partial charge < -0.3 is 25.4 Å². The van der Waals surface area contributed by atoms with Crippen molar-refractivity contribution in [3.63, 3.8) is 0 Å². The van der Waals surface area contributed by atoms with Crippen LogP contribution in [0.3, 0.4) is 0 Å². The molecule has 3 N–H and O–H groups in total. The third-order valence-electron chi connectivity index (χ3n) is 10.5. The first-order valence-corrected chi connectivity index (χ1v) is 19.4. The molecule has 1 saturated heterocycles. The Hall–Kier alpha value is -5.39. The molecule has 292 valence electrons. The summed E-state index contributed by atoms with van der Waals surface area (Å²) in [6, 6.07) is 27.8. The summed E-state index contributed by atoms with van der Waals surface area (Å²) in [4.78, 5) is 69.6. The molecule has 2 fully saturated rings. The number of halogens is 2. The number of rotatable bonds is 15. The number of carboxylic acids is 1. The minimum absolute atomic E-state index is 0.00167. The van der Waals surface area contributed by atoms with Crippen molar-refractivity contribution >= 4 is 58.5 Å². The van der Waals surface area contributed by atoms with Gasteiger partial charge in [-0.15, -0.1) is 0 Å². The van der Waals surface area contributed by atoms with Gasteiger partial charge in [0, 0.05) is 42.0 Å². The lowest BCUT2D eigenvalue weighted by Gasteiger charge is -2.32. The monoisotopic (exact) mass is 798 g/mol. The van der Waals surface area contributed by atoms with E-state index in [1.165, 1.54) is 6.92 Å². The predicted octanol–water partition coefficient (Wildman–Crippen LogP) is 6.76. The number of anilines is 1. The molecule has 56 heavy (non-hydrogen) atoms. The van der Waals surface area contributed by atoms with Crippen LogP contribution in [0.15, 0.2) is 103 Å². The van der Waals surface area contributed by atoms with E-state index in [0.29, 0.717) is 58.4 Å². The van der Waals surface area contributed by atoms with Gasteiger partial charge in [-0.2, -0.15) is 0 Å². The van der Waals surface area contributed by atoms with E-state index in [0.717, 1.165) is 18.4 Å². The third kappa shape index (κ3) is 9.52. The number of amides is 4. The molecule has 4 aromatic carbocycles. The summed E-state index contributed by atoms with van der Waals surface area (Å²) in [5, 5.41) is 16.7. The Morgan fingerprint density at radius 3 is 2.07 bits per heavy atom. The van der Waals surface area contributed by atoms with Gasteiger partial charge in [-0.25, -0.2) is 4.79 Å². The summed E-state index contributed by atoms with van der Waals surface area (Å²) in [5.74, 6) is -1.91. The van der Waals surface area contributed by atoms with Gasteiger partial charge in [0.2, 0.25) is 11.8 Å². The fourth-order valence-corrected chi connectivity index (χ4v) is 7.90. The second-order valence-electron chi connectivity index (χ2n) is 14.3. The van der Waals surface area contributed by atoms with Gasteiger partial charge in [0.05, 0.1) is 5.41 Å². The first-order chi connectivity index (χ1) is 26.9. The van der Waals surface area contributed by atoms with Crippen LogP contribution < -0.4 is 20.3 Å². The van der Waals surface area contributed by atoms with E-state index in [9.17, 15) is 29.1 Å². The quantitative estimate of drug-likeness (QED) is 0.121. The second-order valence-corrected chi connectivity index (χ2v) is 15.2. The smallest absolute Gasteiger partial charge is 0.326 e. The summed E-state index contributed by atoms with van der Waals surface area (Å²) in [5.41, 5.74) is 1.81. The number of para-hydroxylation sites is 1. The Morgan fingerprint density at radius 1 is 0.857 bits per heavy atom. The zero-order valence-corrected chi connectivity index (χ0v) is 32.5. The van der Waals surface area contributed by atoms with Crippen molar-refractivity contribution in [1.29, 1.82) is 0 Å². The highest BCUT2D eigenvalue weighted by Gasteiger charge is 2.50. The molecule has 6 rings (SSSR count). The molecule has 1 heterocycles. The molecule has 2 aliphatic rings. The summed E-state index contributed by atoms with van der Waals surface area (Å²) >= 11 is 12.5. The topological polar surface area (TPSA) is 145 Å². The van der Waals surface area contributed by atoms with Gasteiger partial charge in [0.1, 0.15) is 24.0 Å². The highest BCUT2D eigenvalue weighted by Crippen LogP contribution is 2.42. The van der Waals surface area contributed by atoms with E-state index in [1.54, 1.807) is 94.7 Å². The summed E-state index contributed by atoms with van der Waals surface area (Å²) < 4.78 is 5.89. The van der Waals surface area contributed by atoms with Gasteiger partial charge >= 0.3 is 5.97 Å². The Morgan fingerprint density at radius 2 is 1.46 bits per heavy atom. The Bertz CT molecular complexity index is 2020. The van der Waals surface area contributed by atoms with Gasteiger partial charge in [-0.3, -0.25) is 24.1 Å². The number of nitrogens with zero attached hydrogens (tertiary/aromatic N) is 2. The number of carbonyl (C=O) groups is 5. The number of hydrogen-bond donors (Lipinski definition) is 3. The first-order valence-electron chi connectivity index (χ1n) is 18.6. The zero-order chi connectivity index (χ0) is 39.8. The average molecular weight is 800 g/mol. The van der Waals surface area contributed by atoms with Gasteiger partial charge in [-0.1, -0.05) is 90.6 Å². The summed E-state index contributed by atoms with van der Waals surface area (Å²) in [7, 11) is 0. The maximum atomic E-state index is 14.6. The SMILES string of the molecule is CC(=O)NCCC1(C(=O)NC(Cc2ccc(N3C(=O)[C@@H](Cc4ccc(Cl)cc4)N(C(=O)COc4ccccc4)[C@@H]3c3ccc(Cl)cc3)cc2)C(=O)O)CCCC1. The van der Waals surface area contributed by atoms with Crippen LogP contribution in [0.4, 0.5) is 5.69 Å². The number of carboxylic acid groups (broad SMARTS) is 1. The van der Waals surface area contributed by atoms with Crippen molar-refractivity contribution in [2.24, 2.45) is 5.41 Å². The maximum absolute atomic E-state index is 14.6. The molecule has 0 spiro atoms. The second kappa shape index (κ2) is 18.0. The number of hydrogen-bond acceptors (Lipinski definition) is 6. The van der Waals surface area contributed by atoms with Crippen molar-refractivity contribution in [2.45, 2.75) is 70.1 Å². The Labute approximate surface area is 335 Å². The van der Waals surface area contributed by atoms with Crippen LogP contribution in [0.2, 0.25) is 10.0 Å². The van der Waals surface area contributed by atoms with E-state index < -0.39 is 35.5 Å². The van der Waals surface area contributed by atoms with E-state index in [-0.39, 0.29) is 37.2 Å². The lowest BCUT2D eigenvalue weighted by atomic mass is 9.81. The van der Waals surface area contributed by atoms with Crippen LogP contribution in [0.5, 0.6) is 5.75 Å². The molecule has 11 nitrogen and oxygen atoms in total. The average Bonchev–Trinajstić information content (AvgIpc) is 3.78. The van der Waals surface area contributed by atoms with E-state index >= 15 is 0 Å².